The molecule has 1 unspecified atom stereocenters. The van der Waals surface area contributed by atoms with E-state index in [0.29, 0.717) is 18.6 Å². The third kappa shape index (κ3) is 4.41. The molecule has 1 atom stereocenters. The molecule has 2 nitrogen and oxygen atoms in total. The zero-order valence-corrected chi connectivity index (χ0v) is 12.6. The fraction of sp³-hybridized carbons (Fsp3) is 0.571. The quantitative estimate of drug-likeness (QED) is 0.898. The minimum Gasteiger partial charge on any atom is -0.387 e. The van der Waals surface area contributed by atoms with Gasteiger partial charge in [-0.1, -0.05) is 28.1 Å². The van der Waals surface area contributed by atoms with Crippen LogP contribution in [0.5, 0.6) is 0 Å². The SMILES string of the molecule is CC(C)N(CC(O)c1ccc(Br)cc1)C(C)C. The minimum atomic E-state index is -0.423. The first-order chi connectivity index (χ1) is 7.91. The van der Waals surface area contributed by atoms with Crippen molar-refractivity contribution in [2.24, 2.45) is 0 Å². The number of aliphatic hydroxyl groups excluding tert-OH is 1. The van der Waals surface area contributed by atoms with E-state index in [-0.39, 0.29) is 0 Å². The molecule has 3 heteroatoms. The van der Waals surface area contributed by atoms with Gasteiger partial charge in [-0.2, -0.15) is 0 Å². The highest BCUT2D eigenvalue weighted by molar-refractivity contribution is 9.10. The molecule has 0 aliphatic rings. The fourth-order valence-corrected chi connectivity index (χ4v) is 2.27. The zero-order valence-electron chi connectivity index (χ0n) is 11.0. The lowest BCUT2D eigenvalue weighted by atomic mass is 10.1. The topological polar surface area (TPSA) is 23.5 Å². The Bertz CT molecular complexity index is 327. The van der Waals surface area contributed by atoms with Crippen molar-refractivity contribution in [2.75, 3.05) is 6.54 Å². The van der Waals surface area contributed by atoms with Crippen molar-refractivity contribution in [3.8, 4) is 0 Å². The molecule has 17 heavy (non-hydrogen) atoms. The van der Waals surface area contributed by atoms with Crippen LogP contribution in [0.25, 0.3) is 0 Å². The number of aliphatic hydroxyl groups is 1. The summed E-state index contributed by atoms with van der Waals surface area (Å²) in [5, 5.41) is 10.2. The van der Waals surface area contributed by atoms with E-state index in [1.54, 1.807) is 0 Å². The number of benzene rings is 1. The van der Waals surface area contributed by atoms with Crippen LogP contribution in [0.4, 0.5) is 0 Å². The molecular formula is C14H22BrNO. The Hall–Kier alpha value is -0.380. The number of hydrogen-bond acceptors (Lipinski definition) is 2. The van der Waals surface area contributed by atoms with Crippen LogP contribution in [0, 0.1) is 0 Å². The van der Waals surface area contributed by atoms with Gasteiger partial charge in [-0.05, 0) is 45.4 Å². The molecule has 1 aromatic rings. The Morgan fingerprint density at radius 2 is 1.53 bits per heavy atom. The van der Waals surface area contributed by atoms with Gasteiger partial charge >= 0.3 is 0 Å². The highest BCUT2D eigenvalue weighted by Crippen LogP contribution is 2.19. The Balaban J connectivity index is 2.70. The van der Waals surface area contributed by atoms with Gasteiger partial charge in [0, 0.05) is 23.1 Å². The largest absolute Gasteiger partial charge is 0.387 e. The van der Waals surface area contributed by atoms with E-state index in [1.807, 2.05) is 24.3 Å². The molecule has 0 saturated heterocycles. The zero-order chi connectivity index (χ0) is 13.0. The van der Waals surface area contributed by atoms with Crippen molar-refractivity contribution >= 4 is 15.9 Å². The van der Waals surface area contributed by atoms with Gasteiger partial charge in [-0.3, -0.25) is 4.90 Å². The average Bonchev–Trinajstić information content (AvgIpc) is 2.25. The second-order valence-electron chi connectivity index (χ2n) is 4.95. The van der Waals surface area contributed by atoms with Crippen molar-refractivity contribution in [3.05, 3.63) is 34.3 Å². The van der Waals surface area contributed by atoms with Gasteiger partial charge in [0.1, 0.15) is 0 Å². The van der Waals surface area contributed by atoms with Crippen LogP contribution < -0.4 is 0 Å². The lowest BCUT2D eigenvalue weighted by Gasteiger charge is -2.32. The van der Waals surface area contributed by atoms with Gasteiger partial charge in [-0.15, -0.1) is 0 Å². The van der Waals surface area contributed by atoms with Crippen LogP contribution in [0.2, 0.25) is 0 Å². The molecular weight excluding hydrogens is 278 g/mol. The predicted octanol–water partition coefficient (Wildman–Crippen LogP) is 3.60. The smallest absolute Gasteiger partial charge is 0.0917 e. The molecule has 0 bridgehead atoms. The summed E-state index contributed by atoms with van der Waals surface area (Å²) in [5.41, 5.74) is 0.972. The van der Waals surface area contributed by atoms with E-state index >= 15 is 0 Å². The van der Waals surface area contributed by atoms with Gasteiger partial charge in [0.15, 0.2) is 0 Å². The molecule has 0 heterocycles. The Morgan fingerprint density at radius 3 is 1.94 bits per heavy atom. The predicted molar refractivity (Wildman–Crippen MR) is 76.1 cm³/mol. The molecule has 0 fully saturated rings. The van der Waals surface area contributed by atoms with Gasteiger partial charge in [-0.25, -0.2) is 0 Å². The molecule has 0 amide bonds. The summed E-state index contributed by atoms with van der Waals surface area (Å²) in [7, 11) is 0. The maximum absolute atomic E-state index is 10.2. The van der Waals surface area contributed by atoms with Crippen LogP contribution in [-0.4, -0.2) is 28.6 Å². The summed E-state index contributed by atoms with van der Waals surface area (Å²) in [6.45, 7) is 9.32. The van der Waals surface area contributed by atoms with Crippen LogP contribution >= 0.6 is 15.9 Å². The van der Waals surface area contributed by atoms with Crippen LogP contribution in [0.15, 0.2) is 28.7 Å². The molecule has 1 N–H and O–H groups in total. The summed E-state index contributed by atoms with van der Waals surface area (Å²) in [6.07, 6.45) is -0.423. The molecule has 1 rings (SSSR count). The minimum absolute atomic E-state index is 0.423. The first-order valence-electron chi connectivity index (χ1n) is 6.11. The molecule has 96 valence electrons. The lowest BCUT2D eigenvalue weighted by Crippen LogP contribution is -2.39. The molecule has 0 aliphatic carbocycles. The van der Waals surface area contributed by atoms with Gasteiger partial charge in [0.25, 0.3) is 0 Å². The fourth-order valence-electron chi connectivity index (χ4n) is 2.01. The summed E-state index contributed by atoms with van der Waals surface area (Å²) in [6, 6.07) is 8.75. The molecule has 1 aromatic carbocycles. The molecule has 0 aliphatic heterocycles. The van der Waals surface area contributed by atoms with Crippen molar-refractivity contribution in [2.45, 2.75) is 45.9 Å². The Kier molecular flexibility index (Phi) is 5.63. The highest BCUT2D eigenvalue weighted by atomic mass is 79.9. The summed E-state index contributed by atoms with van der Waals surface area (Å²) >= 11 is 3.40. The van der Waals surface area contributed by atoms with E-state index in [0.717, 1.165) is 10.0 Å². The Morgan fingerprint density at radius 1 is 1.06 bits per heavy atom. The van der Waals surface area contributed by atoms with Crippen molar-refractivity contribution in [1.82, 2.24) is 4.90 Å². The lowest BCUT2D eigenvalue weighted by molar-refractivity contribution is 0.0756. The standard InChI is InChI=1S/C14H22BrNO/c1-10(2)16(11(3)4)9-14(17)12-5-7-13(15)8-6-12/h5-8,10-11,14,17H,9H2,1-4H3. The Labute approximate surface area is 113 Å². The third-order valence-electron chi connectivity index (χ3n) is 2.97. The highest BCUT2D eigenvalue weighted by Gasteiger charge is 2.18. The summed E-state index contributed by atoms with van der Waals surface area (Å²) < 4.78 is 1.04. The molecule has 0 aromatic heterocycles. The number of hydrogen-bond donors (Lipinski definition) is 1. The molecule has 0 saturated carbocycles. The second kappa shape index (κ2) is 6.53. The van der Waals surface area contributed by atoms with E-state index < -0.39 is 6.10 Å². The average molecular weight is 300 g/mol. The normalized spacial score (nSPS) is 13.7. The molecule has 0 spiro atoms. The first kappa shape index (κ1) is 14.7. The van der Waals surface area contributed by atoms with Gasteiger partial charge in [0.2, 0.25) is 0 Å². The van der Waals surface area contributed by atoms with E-state index in [2.05, 4.69) is 48.5 Å². The van der Waals surface area contributed by atoms with E-state index in [9.17, 15) is 5.11 Å². The van der Waals surface area contributed by atoms with Crippen molar-refractivity contribution in [3.63, 3.8) is 0 Å². The van der Waals surface area contributed by atoms with Gasteiger partial charge in [0.05, 0.1) is 6.10 Å². The van der Waals surface area contributed by atoms with Crippen molar-refractivity contribution in [1.29, 1.82) is 0 Å². The third-order valence-corrected chi connectivity index (χ3v) is 3.49. The number of rotatable bonds is 5. The van der Waals surface area contributed by atoms with Crippen LogP contribution in [0.1, 0.15) is 39.4 Å². The number of nitrogens with zero attached hydrogens (tertiary/aromatic N) is 1. The van der Waals surface area contributed by atoms with Crippen LogP contribution in [0.3, 0.4) is 0 Å². The van der Waals surface area contributed by atoms with E-state index in [1.165, 1.54) is 0 Å². The monoisotopic (exact) mass is 299 g/mol. The van der Waals surface area contributed by atoms with Crippen LogP contribution in [-0.2, 0) is 0 Å². The maximum Gasteiger partial charge on any atom is 0.0917 e. The first-order valence-corrected chi connectivity index (χ1v) is 6.90. The van der Waals surface area contributed by atoms with Crippen molar-refractivity contribution < 1.29 is 5.11 Å². The molecule has 0 radical (unpaired) electrons. The second-order valence-corrected chi connectivity index (χ2v) is 5.87. The summed E-state index contributed by atoms with van der Waals surface area (Å²) in [5.74, 6) is 0. The van der Waals surface area contributed by atoms with E-state index in [4.69, 9.17) is 0 Å². The number of halogens is 1. The summed E-state index contributed by atoms with van der Waals surface area (Å²) in [4.78, 5) is 2.30. The maximum atomic E-state index is 10.2. The van der Waals surface area contributed by atoms with Gasteiger partial charge < -0.3 is 5.11 Å².